The van der Waals surface area contributed by atoms with Crippen molar-refractivity contribution in [1.82, 2.24) is 19.6 Å². The second kappa shape index (κ2) is 5.55. The molecule has 5 nitrogen and oxygen atoms in total. The zero-order chi connectivity index (χ0) is 15.8. The van der Waals surface area contributed by atoms with Crippen LogP contribution in [0, 0.1) is 6.92 Å². The van der Waals surface area contributed by atoms with Crippen LogP contribution in [0.1, 0.15) is 16.1 Å². The number of pyridine rings is 1. The van der Waals surface area contributed by atoms with Gasteiger partial charge >= 0.3 is 0 Å². The molecule has 1 aromatic carbocycles. The minimum absolute atomic E-state index is 0.0492. The Balaban J connectivity index is 1.73. The van der Waals surface area contributed by atoms with E-state index < -0.39 is 0 Å². The largest absolute Gasteiger partial charge is 0.359 e. The maximum atomic E-state index is 12.1. The fourth-order valence-electron chi connectivity index (χ4n) is 2.68. The predicted molar refractivity (Wildman–Crippen MR) is 91.1 cm³/mol. The van der Waals surface area contributed by atoms with Gasteiger partial charge in [-0.15, -0.1) is 10.2 Å². The summed E-state index contributed by atoms with van der Waals surface area (Å²) in [4.78, 5) is 15.1. The van der Waals surface area contributed by atoms with Crippen LogP contribution in [0.25, 0.3) is 16.6 Å². The molecule has 3 aromatic heterocycles. The van der Waals surface area contributed by atoms with Crippen LogP contribution in [0.15, 0.2) is 53.8 Å². The molecule has 0 spiro atoms. The van der Waals surface area contributed by atoms with Gasteiger partial charge in [-0.05, 0) is 36.8 Å². The standard InChI is InChI=1S/C17H14N4OS/c1-11-9-16-19-20-17(21(16)14-7-3-2-5-12(11)14)23-10-15(22)13-6-4-8-18-13/h2-9,18H,10H2,1H3. The Morgan fingerprint density at radius 1 is 1.22 bits per heavy atom. The first-order valence-corrected chi connectivity index (χ1v) is 8.25. The molecule has 6 heteroatoms. The van der Waals surface area contributed by atoms with Crippen molar-refractivity contribution in [2.75, 3.05) is 5.75 Å². The average molecular weight is 322 g/mol. The number of fused-ring (bicyclic) bond motifs is 3. The first-order chi connectivity index (χ1) is 11.2. The zero-order valence-corrected chi connectivity index (χ0v) is 13.3. The second-order valence-electron chi connectivity index (χ2n) is 5.32. The molecule has 0 aliphatic heterocycles. The number of benzene rings is 1. The summed E-state index contributed by atoms with van der Waals surface area (Å²) in [5, 5.41) is 10.4. The first kappa shape index (κ1) is 14.0. The Morgan fingerprint density at radius 3 is 2.91 bits per heavy atom. The molecule has 0 bridgehead atoms. The number of aromatic amines is 1. The molecule has 0 fully saturated rings. The highest BCUT2D eigenvalue weighted by atomic mass is 32.2. The lowest BCUT2D eigenvalue weighted by atomic mass is 10.1. The minimum Gasteiger partial charge on any atom is -0.359 e. The summed E-state index contributed by atoms with van der Waals surface area (Å²) in [5.74, 6) is 0.372. The fourth-order valence-corrected chi connectivity index (χ4v) is 3.52. The van der Waals surface area contributed by atoms with Crippen molar-refractivity contribution >= 4 is 34.1 Å². The third kappa shape index (κ3) is 2.41. The lowest BCUT2D eigenvalue weighted by Gasteiger charge is -2.06. The van der Waals surface area contributed by atoms with Crippen LogP contribution in [0.4, 0.5) is 0 Å². The summed E-state index contributed by atoms with van der Waals surface area (Å²) in [7, 11) is 0. The number of carbonyl (C=O) groups excluding carboxylic acids is 1. The monoisotopic (exact) mass is 322 g/mol. The highest BCUT2D eigenvalue weighted by Crippen LogP contribution is 2.25. The van der Waals surface area contributed by atoms with Gasteiger partial charge in [-0.25, -0.2) is 0 Å². The summed E-state index contributed by atoms with van der Waals surface area (Å²) >= 11 is 1.40. The van der Waals surface area contributed by atoms with Gasteiger partial charge in [0.05, 0.1) is 17.0 Å². The Labute approximate surface area is 136 Å². The van der Waals surface area contributed by atoms with Crippen molar-refractivity contribution in [3.05, 3.63) is 59.9 Å². The van der Waals surface area contributed by atoms with Crippen LogP contribution in [-0.4, -0.2) is 31.1 Å². The summed E-state index contributed by atoms with van der Waals surface area (Å²) in [5.41, 5.74) is 3.64. The highest BCUT2D eigenvalue weighted by Gasteiger charge is 2.14. The normalized spacial score (nSPS) is 11.3. The Morgan fingerprint density at radius 2 is 2.09 bits per heavy atom. The van der Waals surface area contributed by atoms with E-state index in [1.165, 1.54) is 17.3 Å². The van der Waals surface area contributed by atoms with E-state index in [-0.39, 0.29) is 5.78 Å². The summed E-state index contributed by atoms with van der Waals surface area (Å²) in [6, 6.07) is 13.8. The van der Waals surface area contributed by atoms with Crippen LogP contribution >= 0.6 is 11.8 Å². The smallest absolute Gasteiger partial charge is 0.196 e. The Kier molecular flexibility index (Phi) is 3.38. The van der Waals surface area contributed by atoms with Crippen LogP contribution in [0.5, 0.6) is 0 Å². The van der Waals surface area contributed by atoms with E-state index in [1.807, 2.05) is 28.7 Å². The number of carbonyl (C=O) groups is 1. The summed E-state index contributed by atoms with van der Waals surface area (Å²) in [6.07, 6.45) is 1.75. The van der Waals surface area contributed by atoms with E-state index in [1.54, 1.807) is 12.3 Å². The average Bonchev–Trinajstić information content (AvgIpc) is 3.23. The molecular weight excluding hydrogens is 308 g/mol. The number of H-pyrrole nitrogens is 1. The van der Waals surface area contributed by atoms with Gasteiger partial charge in [0.25, 0.3) is 0 Å². The first-order valence-electron chi connectivity index (χ1n) is 7.27. The van der Waals surface area contributed by atoms with Gasteiger partial charge in [0.1, 0.15) is 0 Å². The van der Waals surface area contributed by atoms with E-state index >= 15 is 0 Å². The third-order valence-electron chi connectivity index (χ3n) is 3.80. The Hall–Kier alpha value is -2.60. The molecule has 0 unspecified atom stereocenters. The van der Waals surface area contributed by atoms with E-state index in [0.29, 0.717) is 11.4 Å². The Bertz CT molecular complexity index is 1000. The van der Waals surface area contributed by atoms with Gasteiger partial charge in [-0.3, -0.25) is 9.20 Å². The molecule has 0 saturated carbocycles. The van der Waals surface area contributed by atoms with Gasteiger partial charge in [-0.1, -0.05) is 30.0 Å². The van der Waals surface area contributed by atoms with Crippen molar-refractivity contribution in [1.29, 1.82) is 0 Å². The number of thioether (sulfide) groups is 1. The maximum absolute atomic E-state index is 12.1. The highest BCUT2D eigenvalue weighted by molar-refractivity contribution is 7.99. The number of rotatable bonds is 4. The number of Topliss-reactive ketones (excluding diaryl/α,β-unsaturated/α-hetero) is 1. The molecule has 4 rings (SSSR count). The zero-order valence-electron chi connectivity index (χ0n) is 12.5. The summed E-state index contributed by atoms with van der Waals surface area (Å²) < 4.78 is 2.01. The number of nitrogens with one attached hydrogen (secondary N) is 1. The van der Waals surface area contributed by atoms with Gasteiger partial charge in [0.15, 0.2) is 16.6 Å². The van der Waals surface area contributed by atoms with Crippen molar-refractivity contribution in [2.24, 2.45) is 0 Å². The molecule has 0 saturated heterocycles. The van der Waals surface area contributed by atoms with E-state index in [4.69, 9.17) is 0 Å². The van der Waals surface area contributed by atoms with Gasteiger partial charge in [0.2, 0.25) is 0 Å². The van der Waals surface area contributed by atoms with Crippen LogP contribution in [-0.2, 0) is 0 Å². The van der Waals surface area contributed by atoms with Gasteiger partial charge in [0, 0.05) is 11.6 Å². The van der Waals surface area contributed by atoms with Crippen molar-refractivity contribution < 1.29 is 4.79 Å². The molecule has 0 atom stereocenters. The van der Waals surface area contributed by atoms with E-state index in [9.17, 15) is 4.79 Å². The number of aryl methyl sites for hydroxylation is 1. The summed E-state index contributed by atoms with van der Waals surface area (Å²) in [6.45, 7) is 2.07. The molecule has 0 aliphatic rings. The number of nitrogens with zero attached hydrogens (tertiary/aromatic N) is 3. The maximum Gasteiger partial charge on any atom is 0.196 e. The topological polar surface area (TPSA) is 63.0 Å². The van der Waals surface area contributed by atoms with Crippen LogP contribution in [0.2, 0.25) is 0 Å². The van der Waals surface area contributed by atoms with Crippen molar-refractivity contribution in [3.8, 4) is 0 Å². The predicted octanol–water partition coefficient (Wildman–Crippen LogP) is 3.49. The number of hydrogen-bond acceptors (Lipinski definition) is 4. The molecule has 23 heavy (non-hydrogen) atoms. The van der Waals surface area contributed by atoms with Crippen LogP contribution in [0.3, 0.4) is 0 Å². The molecular formula is C17H14N4OS. The van der Waals surface area contributed by atoms with E-state index in [0.717, 1.165) is 21.7 Å². The molecule has 4 aromatic rings. The quantitative estimate of drug-likeness (QED) is 0.461. The van der Waals surface area contributed by atoms with Crippen LogP contribution < -0.4 is 0 Å². The second-order valence-corrected chi connectivity index (χ2v) is 6.26. The molecule has 3 heterocycles. The lowest BCUT2D eigenvalue weighted by molar-refractivity contribution is 0.101. The molecule has 0 radical (unpaired) electrons. The van der Waals surface area contributed by atoms with E-state index in [2.05, 4.69) is 34.2 Å². The SMILES string of the molecule is Cc1cc2nnc(SCC(=O)c3ccc[nH]3)n2c2ccccc12. The molecule has 0 aliphatic carbocycles. The van der Waals surface area contributed by atoms with Gasteiger partial charge in [-0.2, -0.15) is 0 Å². The minimum atomic E-state index is 0.0492. The number of hydrogen-bond donors (Lipinski definition) is 1. The number of aromatic nitrogens is 4. The molecule has 0 amide bonds. The van der Waals surface area contributed by atoms with Crippen molar-refractivity contribution in [3.63, 3.8) is 0 Å². The van der Waals surface area contributed by atoms with Crippen molar-refractivity contribution in [2.45, 2.75) is 12.1 Å². The fraction of sp³-hybridized carbons (Fsp3) is 0.118. The third-order valence-corrected chi connectivity index (χ3v) is 4.73. The lowest BCUT2D eigenvalue weighted by Crippen LogP contribution is -2.03. The van der Waals surface area contributed by atoms with Gasteiger partial charge < -0.3 is 4.98 Å². The number of para-hydroxylation sites is 1. The number of ketones is 1. The molecule has 114 valence electrons. The molecule has 1 N–H and O–H groups in total.